The van der Waals surface area contributed by atoms with Crippen molar-refractivity contribution in [1.29, 1.82) is 0 Å². The maximum atomic E-state index is 12.5. The number of nitrogens with one attached hydrogen (secondary N) is 1. The molecule has 1 aromatic carbocycles. The van der Waals surface area contributed by atoms with Crippen LogP contribution in [0.15, 0.2) is 72.4 Å². The molecule has 0 radical (unpaired) electrons. The zero-order valence-corrected chi connectivity index (χ0v) is 17.7. The summed E-state index contributed by atoms with van der Waals surface area (Å²) in [4.78, 5) is 37.0. The van der Waals surface area contributed by atoms with Gasteiger partial charge in [0.05, 0.1) is 6.04 Å². The highest BCUT2D eigenvalue weighted by molar-refractivity contribution is 6.26. The second-order valence-corrected chi connectivity index (χ2v) is 7.57. The van der Waals surface area contributed by atoms with E-state index >= 15 is 0 Å². The number of carbonyl (C=O) groups is 3. The fraction of sp³-hybridized carbons (Fsp3) is 0.320. The lowest BCUT2D eigenvalue weighted by molar-refractivity contribution is -0.134. The average Bonchev–Trinajstić information content (AvgIpc) is 2.99. The van der Waals surface area contributed by atoms with Crippen molar-refractivity contribution in [2.75, 3.05) is 0 Å². The third-order valence-electron chi connectivity index (χ3n) is 5.01. The van der Waals surface area contributed by atoms with E-state index in [9.17, 15) is 19.5 Å². The maximum Gasteiger partial charge on any atom is 0.239 e. The van der Waals surface area contributed by atoms with E-state index in [-0.39, 0.29) is 12.2 Å². The Hall–Kier alpha value is -3.21. The molecule has 0 aromatic heterocycles. The summed E-state index contributed by atoms with van der Waals surface area (Å²) in [6.45, 7) is 6.34. The van der Waals surface area contributed by atoms with Crippen LogP contribution in [-0.2, 0) is 20.8 Å². The van der Waals surface area contributed by atoms with E-state index in [0.29, 0.717) is 5.92 Å². The monoisotopic (exact) mass is 407 g/mol. The summed E-state index contributed by atoms with van der Waals surface area (Å²) in [6.07, 6.45) is 13.7. The number of amides is 1. The molecule has 0 aliphatic carbocycles. The molecule has 2 rings (SSSR count). The standard InChI is InChI=1S/C25H29NO4/c1-4-17(2)15-18(3)9-7-5-6-8-10-22(28)23-24(29)21(26-25(23)30)16-19-11-13-20(27)14-12-19/h5-15,17,21,23,27H,4,16H2,1-3H3,(H,26,30)/b6-5+,9-7+,10-8+,18-15+/t17-,21+,23?/m1/s1. The number of phenolic OH excluding ortho intramolecular Hbond substituents is 1. The molecule has 1 amide bonds. The van der Waals surface area contributed by atoms with Gasteiger partial charge in [-0.25, -0.2) is 0 Å². The number of Topliss-reactive ketones (excluding diaryl/α,β-unsaturated/α-hetero) is 1. The smallest absolute Gasteiger partial charge is 0.239 e. The number of rotatable bonds is 9. The number of phenols is 1. The largest absolute Gasteiger partial charge is 0.508 e. The Labute approximate surface area is 177 Å². The van der Waals surface area contributed by atoms with Crippen LogP contribution in [0.5, 0.6) is 5.75 Å². The number of ketones is 2. The van der Waals surface area contributed by atoms with Gasteiger partial charge in [0.25, 0.3) is 0 Å². The number of hydrogen-bond acceptors (Lipinski definition) is 4. The number of carbonyl (C=O) groups excluding carboxylic acids is 3. The number of aromatic hydroxyl groups is 1. The van der Waals surface area contributed by atoms with Crippen molar-refractivity contribution in [2.24, 2.45) is 11.8 Å². The third-order valence-corrected chi connectivity index (χ3v) is 5.01. The Morgan fingerprint density at radius 2 is 1.73 bits per heavy atom. The SMILES string of the molecule is CC[C@@H](C)/C=C(C)/C=C/C=C/C=C/C(=O)C1C(=O)N[C@@H](Cc2ccc(O)cc2)C1=O. The number of allylic oxidation sites excluding steroid dienone is 8. The second kappa shape index (κ2) is 11.1. The van der Waals surface area contributed by atoms with Crippen LogP contribution in [0.1, 0.15) is 32.8 Å². The quantitative estimate of drug-likeness (QED) is 0.370. The van der Waals surface area contributed by atoms with E-state index in [1.807, 2.05) is 19.1 Å². The summed E-state index contributed by atoms with van der Waals surface area (Å²) in [7, 11) is 0. The number of benzene rings is 1. The molecule has 1 fully saturated rings. The van der Waals surface area contributed by atoms with Crippen molar-refractivity contribution in [1.82, 2.24) is 5.32 Å². The summed E-state index contributed by atoms with van der Waals surface area (Å²) in [5.41, 5.74) is 1.96. The summed E-state index contributed by atoms with van der Waals surface area (Å²) in [5, 5.41) is 11.9. The van der Waals surface area contributed by atoms with E-state index in [1.165, 1.54) is 29.9 Å². The fourth-order valence-corrected chi connectivity index (χ4v) is 3.15. The Bertz CT molecular complexity index is 890. The molecule has 30 heavy (non-hydrogen) atoms. The van der Waals surface area contributed by atoms with E-state index in [1.54, 1.807) is 24.3 Å². The normalized spacial score (nSPS) is 21.1. The summed E-state index contributed by atoms with van der Waals surface area (Å²) in [6, 6.07) is 5.67. The lowest BCUT2D eigenvalue weighted by Gasteiger charge is -2.08. The highest BCUT2D eigenvalue weighted by Crippen LogP contribution is 2.18. The van der Waals surface area contributed by atoms with Crippen LogP contribution < -0.4 is 5.32 Å². The lowest BCUT2D eigenvalue weighted by atomic mass is 9.95. The first-order chi connectivity index (χ1) is 14.3. The Balaban J connectivity index is 1.91. The lowest BCUT2D eigenvalue weighted by Crippen LogP contribution is -2.31. The molecule has 158 valence electrons. The van der Waals surface area contributed by atoms with Gasteiger partial charge >= 0.3 is 0 Å². The minimum atomic E-state index is -1.30. The number of hydrogen-bond donors (Lipinski definition) is 2. The molecule has 1 aromatic rings. The molecule has 1 heterocycles. The van der Waals surface area contributed by atoms with Gasteiger partial charge < -0.3 is 10.4 Å². The minimum absolute atomic E-state index is 0.128. The van der Waals surface area contributed by atoms with Crippen molar-refractivity contribution in [3.63, 3.8) is 0 Å². The Morgan fingerprint density at radius 3 is 2.37 bits per heavy atom. The van der Waals surface area contributed by atoms with Crippen molar-refractivity contribution < 1.29 is 19.5 Å². The molecule has 0 bridgehead atoms. The maximum absolute atomic E-state index is 12.5. The van der Waals surface area contributed by atoms with Crippen molar-refractivity contribution >= 4 is 17.5 Å². The van der Waals surface area contributed by atoms with Crippen LogP contribution in [-0.4, -0.2) is 28.6 Å². The Morgan fingerprint density at radius 1 is 1.10 bits per heavy atom. The molecule has 2 N–H and O–H groups in total. The van der Waals surface area contributed by atoms with Gasteiger partial charge in [0.2, 0.25) is 5.91 Å². The molecule has 0 spiro atoms. The summed E-state index contributed by atoms with van der Waals surface area (Å²) in [5.74, 6) is -2.14. The van der Waals surface area contributed by atoms with Gasteiger partial charge in [0, 0.05) is 0 Å². The predicted octanol–water partition coefficient (Wildman–Crippen LogP) is 3.85. The van der Waals surface area contributed by atoms with Crippen LogP contribution in [0, 0.1) is 11.8 Å². The van der Waals surface area contributed by atoms with Crippen LogP contribution in [0.4, 0.5) is 0 Å². The van der Waals surface area contributed by atoms with Crippen molar-refractivity contribution in [3.8, 4) is 5.75 Å². The van der Waals surface area contributed by atoms with Gasteiger partial charge in [-0.3, -0.25) is 14.4 Å². The highest BCUT2D eigenvalue weighted by Gasteiger charge is 2.44. The van der Waals surface area contributed by atoms with Crippen LogP contribution in [0.2, 0.25) is 0 Å². The van der Waals surface area contributed by atoms with Crippen LogP contribution in [0.3, 0.4) is 0 Å². The molecule has 1 unspecified atom stereocenters. The van der Waals surface area contributed by atoms with Gasteiger partial charge in [-0.15, -0.1) is 0 Å². The first-order valence-electron chi connectivity index (χ1n) is 10.2. The molecular formula is C25H29NO4. The Kier molecular flexibility index (Phi) is 8.54. The second-order valence-electron chi connectivity index (χ2n) is 7.57. The molecule has 1 saturated heterocycles. The minimum Gasteiger partial charge on any atom is -0.508 e. The molecule has 0 saturated carbocycles. The van der Waals surface area contributed by atoms with E-state index in [2.05, 4.69) is 25.2 Å². The van der Waals surface area contributed by atoms with Crippen LogP contribution in [0.25, 0.3) is 0 Å². The zero-order valence-electron chi connectivity index (χ0n) is 17.7. The third kappa shape index (κ3) is 6.69. The summed E-state index contributed by atoms with van der Waals surface area (Å²) >= 11 is 0. The molecule has 1 aliphatic heterocycles. The van der Waals surface area contributed by atoms with Crippen molar-refractivity contribution in [3.05, 3.63) is 77.9 Å². The van der Waals surface area contributed by atoms with Gasteiger partial charge in [-0.1, -0.05) is 74.4 Å². The fourth-order valence-electron chi connectivity index (χ4n) is 3.15. The molecule has 5 heteroatoms. The first-order valence-corrected chi connectivity index (χ1v) is 10.2. The average molecular weight is 408 g/mol. The molecular weight excluding hydrogens is 378 g/mol. The van der Waals surface area contributed by atoms with E-state index in [0.717, 1.165) is 12.0 Å². The topological polar surface area (TPSA) is 83.5 Å². The van der Waals surface area contributed by atoms with Gasteiger partial charge in [-0.05, 0) is 43.0 Å². The highest BCUT2D eigenvalue weighted by atomic mass is 16.3. The van der Waals surface area contributed by atoms with Gasteiger partial charge in [0.1, 0.15) is 5.75 Å². The van der Waals surface area contributed by atoms with Gasteiger partial charge in [-0.2, -0.15) is 0 Å². The predicted molar refractivity (Wildman–Crippen MR) is 118 cm³/mol. The van der Waals surface area contributed by atoms with E-state index < -0.39 is 29.4 Å². The van der Waals surface area contributed by atoms with Crippen molar-refractivity contribution in [2.45, 2.75) is 39.7 Å². The van der Waals surface area contributed by atoms with Gasteiger partial charge in [0.15, 0.2) is 17.5 Å². The zero-order chi connectivity index (χ0) is 22.1. The molecule has 5 nitrogen and oxygen atoms in total. The van der Waals surface area contributed by atoms with Crippen LogP contribution >= 0.6 is 0 Å². The van der Waals surface area contributed by atoms with E-state index in [4.69, 9.17) is 0 Å². The summed E-state index contributed by atoms with van der Waals surface area (Å²) < 4.78 is 0. The molecule has 3 atom stereocenters. The molecule has 1 aliphatic rings. The first kappa shape index (κ1) is 23.1.